The number of aromatic nitrogens is 5. The van der Waals surface area contributed by atoms with Gasteiger partial charge in [-0.15, -0.1) is 10.2 Å². The van der Waals surface area contributed by atoms with Gasteiger partial charge in [0.05, 0.1) is 0 Å². The molecule has 2 aromatic rings. The van der Waals surface area contributed by atoms with Gasteiger partial charge in [-0.05, 0) is 6.42 Å². The summed E-state index contributed by atoms with van der Waals surface area (Å²) in [6.07, 6.45) is 2.54. The van der Waals surface area contributed by atoms with Crippen molar-refractivity contribution in [3.8, 4) is 0 Å². The van der Waals surface area contributed by atoms with Crippen LogP contribution in [0.25, 0.3) is 0 Å². The third kappa shape index (κ3) is 4.05. The molecule has 0 aliphatic carbocycles. The molecule has 0 aromatic carbocycles. The van der Waals surface area contributed by atoms with Gasteiger partial charge in [0.1, 0.15) is 11.6 Å². The number of carbonyl (C=O) groups excluding carboxylic acids is 1. The molecule has 3 rings (SSSR count). The Hall–Kier alpha value is -2.25. The molecule has 1 atom stereocenters. The molecule has 3 heterocycles. The number of rotatable bonds is 6. The van der Waals surface area contributed by atoms with Crippen LogP contribution in [0.4, 0.5) is 0 Å². The van der Waals surface area contributed by atoms with Crippen LogP contribution < -0.4 is 5.32 Å². The number of aryl methyl sites for hydroxylation is 2. The quantitative estimate of drug-likeness (QED) is 0.858. The Labute approximate surface area is 147 Å². The maximum Gasteiger partial charge on any atom is 0.227 e. The third-order valence-corrected chi connectivity index (χ3v) is 4.42. The van der Waals surface area contributed by atoms with Crippen molar-refractivity contribution < 1.29 is 9.32 Å². The van der Waals surface area contributed by atoms with Crippen LogP contribution in [0.5, 0.6) is 0 Å². The summed E-state index contributed by atoms with van der Waals surface area (Å²) in [4.78, 5) is 16.6. The first-order valence-corrected chi connectivity index (χ1v) is 8.97. The number of hydrogen-bond acceptors (Lipinski definition) is 6. The smallest absolute Gasteiger partial charge is 0.227 e. The van der Waals surface area contributed by atoms with Crippen molar-refractivity contribution in [2.75, 3.05) is 0 Å². The average molecular weight is 346 g/mol. The first kappa shape index (κ1) is 17.6. The van der Waals surface area contributed by atoms with Gasteiger partial charge in [-0.1, -0.05) is 32.9 Å². The van der Waals surface area contributed by atoms with Crippen molar-refractivity contribution in [2.24, 2.45) is 0 Å². The molecular formula is C17H26N6O2. The lowest BCUT2D eigenvalue weighted by atomic mass is 10.1. The molecule has 0 fully saturated rings. The van der Waals surface area contributed by atoms with E-state index in [0.717, 1.165) is 31.0 Å². The first-order valence-electron chi connectivity index (χ1n) is 8.97. The molecule has 1 aliphatic rings. The standard InChI is InChI=1S/C17H26N6O2/c1-10(2)16-19-15(25-22-16)8-7-14(24)18-12-5-6-13-20-21-17(11(3)4)23(13)9-12/h10-12H,5-9H2,1-4H3,(H,18,24)/t12-/m0/s1. The molecule has 0 unspecified atom stereocenters. The Kier molecular flexibility index (Phi) is 5.15. The van der Waals surface area contributed by atoms with Gasteiger partial charge in [0.25, 0.3) is 0 Å². The van der Waals surface area contributed by atoms with Crippen LogP contribution in [-0.2, 0) is 24.2 Å². The van der Waals surface area contributed by atoms with Crippen LogP contribution in [0, 0.1) is 0 Å². The van der Waals surface area contributed by atoms with Gasteiger partial charge in [0.15, 0.2) is 5.82 Å². The van der Waals surface area contributed by atoms with E-state index in [2.05, 4.69) is 44.1 Å². The molecule has 1 N–H and O–H groups in total. The van der Waals surface area contributed by atoms with Gasteiger partial charge >= 0.3 is 0 Å². The minimum Gasteiger partial charge on any atom is -0.352 e. The van der Waals surface area contributed by atoms with Gasteiger partial charge in [0.2, 0.25) is 11.8 Å². The van der Waals surface area contributed by atoms with E-state index < -0.39 is 0 Å². The molecule has 0 spiro atoms. The maximum absolute atomic E-state index is 12.3. The summed E-state index contributed by atoms with van der Waals surface area (Å²) in [7, 11) is 0. The summed E-state index contributed by atoms with van der Waals surface area (Å²) in [6, 6.07) is 0.113. The molecule has 1 amide bonds. The Morgan fingerprint density at radius 1 is 1.28 bits per heavy atom. The zero-order chi connectivity index (χ0) is 18.0. The number of nitrogens with one attached hydrogen (secondary N) is 1. The molecule has 0 bridgehead atoms. The molecule has 1 aliphatic heterocycles. The molecule has 136 valence electrons. The zero-order valence-electron chi connectivity index (χ0n) is 15.3. The predicted octanol–water partition coefficient (Wildman–Crippen LogP) is 1.97. The lowest BCUT2D eigenvalue weighted by Crippen LogP contribution is -2.41. The number of hydrogen-bond donors (Lipinski definition) is 1. The van der Waals surface area contributed by atoms with Crippen molar-refractivity contribution in [1.29, 1.82) is 0 Å². The highest BCUT2D eigenvalue weighted by atomic mass is 16.5. The third-order valence-electron chi connectivity index (χ3n) is 4.42. The summed E-state index contributed by atoms with van der Waals surface area (Å²) in [5.41, 5.74) is 0. The number of carbonyl (C=O) groups is 1. The molecule has 25 heavy (non-hydrogen) atoms. The van der Waals surface area contributed by atoms with Crippen LogP contribution in [0.2, 0.25) is 0 Å². The van der Waals surface area contributed by atoms with Crippen molar-refractivity contribution >= 4 is 5.91 Å². The monoisotopic (exact) mass is 346 g/mol. The second kappa shape index (κ2) is 7.33. The highest BCUT2D eigenvalue weighted by molar-refractivity contribution is 5.76. The average Bonchev–Trinajstić information content (AvgIpc) is 3.19. The highest BCUT2D eigenvalue weighted by Gasteiger charge is 2.25. The number of amides is 1. The van der Waals surface area contributed by atoms with E-state index in [0.29, 0.717) is 30.5 Å². The van der Waals surface area contributed by atoms with Gasteiger partial charge < -0.3 is 14.4 Å². The van der Waals surface area contributed by atoms with E-state index in [9.17, 15) is 4.79 Å². The van der Waals surface area contributed by atoms with Crippen LogP contribution in [0.15, 0.2) is 4.52 Å². The summed E-state index contributed by atoms with van der Waals surface area (Å²) in [5, 5.41) is 15.6. The molecule has 8 heteroatoms. The Balaban J connectivity index is 1.52. The van der Waals surface area contributed by atoms with Crippen molar-refractivity contribution in [2.45, 2.75) is 77.8 Å². The van der Waals surface area contributed by atoms with Crippen molar-refractivity contribution in [3.05, 3.63) is 23.4 Å². The Bertz CT molecular complexity index is 733. The second-order valence-corrected chi connectivity index (χ2v) is 7.24. The van der Waals surface area contributed by atoms with Crippen molar-refractivity contribution in [3.63, 3.8) is 0 Å². The minimum absolute atomic E-state index is 0.0110. The molecule has 0 saturated heterocycles. The van der Waals surface area contributed by atoms with E-state index in [4.69, 9.17) is 4.52 Å². The number of fused-ring (bicyclic) bond motifs is 1. The first-order chi connectivity index (χ1) is 11.9. The predicted molar refractivity (Wildman–Crippen MR) is 91.1 cm³/mol. The summed E-state index contributed by atoms with van der Waals surface area (Å²) in [5.74, 6) is 3.76. The Morgan fingerprint density at radius 3 is 2.76 bits per heavy atom. The lowest BCUT2D eigenvalue weighted by molar-refractivity contribution is -0.122. The van der Waals surface area contributed by atoms with Gasteiger partial charge in [-0.25, -0.2) is 0 Å². The fourth-order valence-electron chi connectivity index (χ4n) is 3.02. The highest BCUT2D eigenvalue weighted by Crippen LogP contribution is 2.20. The lowest BCUT2D eigenvalue weighted by Gasteiger charge is -2.25. The molecule has 0 radical (unpaired) electrons. The Morgan fingerprint density at radius 2 is 2.08 bits per heavy atom. The zero-order valence-corrected chi connectivity index (χ0v) is 15.3. The second-order valence-electron chi connectivity index (χ2n) is 7.24. The SMILES string of the molecule is CC(C)c1noc(CCC(=O)N[C@H]2CCc3nnc(C(C)C)n3C2)n1. The summed E-state index contributed by atoms with van der Waals surface area (Å²) in [6.45, 7) is 8.97. The van der Waals surface area contributed by atoms with Crippen LogP contribution in [-0.4, -0.2) is 36.9 Å². The van der Waals surface area contributed by atoms with Crippen LogP contribution in [0.1, 0.15) is 75.7 Å². The topological polar surface area (TPSA) is 98.7 Å². The largest absolute Gasteiger partial charge is 0.352 e. The fraction of sp³-hybridized carbons (Fsp3) is 0.706. The minimum atomic E-state index is 0.0110. The number of nitrogens with zero attached hydrogens (tertiary/aromatic N) is 5. The maximum atomic E-state index is 12.3. The van der Waals surface area contributed by atoms with E-state index in [1.807, 2.05) is 13.8 Å². The van der Waals surface area contributed by atoms with Crippen LogP contribution >= 0.6 is 0 Å². The fourth-order valence-corrected chi connectivity index (χ4v) is 3.02. The van der Waals surface area contributed by atoms with Gasteiger partial charge in [0, 0.05) is 43.7 Å². The van der Waals surface area contributed by atoms with E-state index in [1.54, 1.807) is 0 Å². The van der Waals surface area contributed by atoms with E-state index in [1.165, 1.54) is 0 Å². The summed E-state index contributed by atoms with van der Waals surface area (Å²) < 4.78 is 7.33. The van der Waals surface area contributed by atoms with Gasteiger partial charge in [-0.3, -0.25) is 4.79 Å². The van der Waals surface area contributed by atoms with Crippen molar-refractivity contribution in [1.82, 2.24) is 30.2 Å². The molecule has 8 nitrogen and oxygen atoms in total. The van der Waals surface area contributed by atoms with E-state index in [-0.39, 0.29) is 17.9 Å². The molecular weight excluding hydrogens is 320 g/mol. The van der Waals surface area contributed by atoms with Crippen LogP contribution in [0.3, 0.4) is 0 Å². The van der Waals surface area contributed by atoms with E-state index >= 15 is 0 Å². The molecule has 2 aromatic heterocycles. The summed E-state index contributed by atoms with van der Waals surface area (Å²) >= 11 is 0. The normalized spacial score (nSPS) is 17.1. The molecule has 0 saturated carbocycles. The van der Waals surface area contributed by atoms with Gasteiger partial charge in [-0.2, -0.15) is 4.98 Å².